The fraction of sp³-hybridized carbons (Fsp3) is 0.559. The topological polar surface area (TPSA) is 104 Å². The molecule has 1 amide bonds. The van der Waals surface area contributed by atoms with E-state index >= 15 is 0 Å². The SMILES string of the molecule is CC/C=C\C/C=C\C/C=C\C/C=C\CCC(=O)NC(CS(=O)(=O)O)C(O)/C=C/CC/C=C/CC/C=C/CCCCC. The van der Waals surface area contributed by atoms with E-state index in [1.54, 1.807) is 6.08 Å². The Kier molecular flexibility index (Phi) is 26.0. The van der Waals surface area contributed by atoms with E-state index in [1.165, 1.54) is 25.3 Å². The Labute approximate surface area is 250 Å². The fourth-order valence-electron chi connectivity index (χ4n) is 3.78. The number of carbonyl (C=O) groups excluding carboxylic acids is 1. The minimum absolute atomic E-state index is 0.158. The first kappa shape index (κ1) is 38.5. The summed E-state index contributed by atoms with van der Waals surface area (Å²) in [4.78, 5) is 12.3. The number of carbonyl (C=O) groups is 1. The van der Waals surface area contributed by atoms with E-state index in [4.69, 9.17) is 0 Å². The molecule has 0 aliphatic heterocycles. The lowest BCUT2D eigenvalue weighted by Crippen LogP contribution is -2.46. The highest BCUT2D eigenvalue weighted by Crippen LogP contribution is 2.06. The van der Waals surface area contributed by atoms with Crippen LogP contribution in [-0.4, -0.2) is 41.9 Å². The Hall–Kier alpha value is -2.48. The van der Waals surface area contributed by atoms with Gasteiger partial charge in [-0.05, 0) is 70.6 Å². The lowest BCUT2D eigenvalue weighted by Gasteiger charge is -2.20. The monoisotopic (exact) mass is 589 g/mol. The molecule has 0 aromatic rings. The Morgan fingerprint density at radius 2 is 1.17 bits per heavy atom. The van der Waals surface area contributed by atoms with Gasteiger partial charge in [-0.15, -0.1) is 0 Å². The summed E-state index contributed by atoms with van der Waals surface area (Å²) in [7, 11) is -4.37. The third-order valence-corrected chi connectivity index (χ3v) is 6.83. The van der Waals surface area contributed by atoms with Crippen LogP contribution in [0.5, 0.6) is 0 Å². The molecule has 7 heteroatoms. The van der Waals surface area contributed by atoms with Crippen molar-refractivity contribution in [3.05, 3.63) is 85.1 Å². The molecule has 0 saturated carbocycles. The zero-order valence-corrected chi connectivity index (χ0v) is 26.2. The van der Waals surface area contributed by atoms with Gasteiger partial charge in [0.1, 0.15) is 0 Å². The van der Waals surface area contributed by atoms with Crippen molar-refractivity contribution < 1.29 is 22.9 Å². The summed E-state index contributed by atoms with van der Waals surface area (Å²) < 4.78 is 32.1. The maximum atomic E-state index is 12.3. The molecule has 0 fully saturated rings. The number of nitrogens with one attached hydrogen (secondary N) is 1. The van der Waals surface area contributed by atoms with Crippen molar-refractivity contribution in [1.29, 1.82) is 0 Å². The van der Waals surface area contributed by atoms with Crippen LogP contribution < -0.4 is 5.32 Å². The number of amides is 1. The Morgan fingerprint density at radius 1 is 0.683 bits per heavy atom. The maximum Gasteiger partial charge on any atom is 0.267 e. The van der Waals surface area contributed by atoms with Gasteiger partial charge in [0, 0.05) is 6.42 Å². The van der Waals surface area contributed by atoms with Crippen molar-refractivity contribution in [2.45, 2.75) is 116 Å². The summed E-state index contributed by atoms with van der Waals surface area (Å²) in [6.45, 7) is 4.32. The van der Waals surface area contributed by atoms with Crippen LogP contribution in [0.2, 0.25) is 0 Å². The molecule has 0 bridgehead atoms. The lowest BCUT2D eigenvalue weighted by molar-refractivity contribution is -0.122. The van der Waals surface area contributed by atoms with Crippen molar-refractivity contribution in [3.63, 3.8) is 0 Å². The molecule has 0 aromatic carbocycles. The van der Waals surface area contributed by atoms with Crippen molar-refractivity contribution in [2.24, 2.45) is 0 Å². The van der Waals surface area contributed by atoms with Gasteiger partial charge in [0.25, 0.3) is 10.1 Å². The molecule has 0 aliphatic carbocycles. The van der Waals surface area contributed by atoms with Gasteiger partial charge in [-0.1, -0.05) is 112 Å². The summed E-state index contributed by atoms with van der Waals surface area (Å²) in [5.41, 5.74) is 0. The summed E-state index contributed by atoms with van der Waals surface area (Å²) in [6.07, 6.45) is 40.1. The second kappa shape index (κ2) is 27.7. The summed E-state index contributed by atoms with van der Waals surface area (Å²) in [6, 6.07) is -1.12. The third kappa shape index (κ3) is 28.8. The van der Waals surface area contributed by atoms with Crippen LogP contribution >= 0.6 is 0 Å². The maximum absolute atomic E-state index is 12.3. The molecule has 0 aromatic heterocycles. The number of hydrogen-bond acceptors (Lipinski definition) is 4. The normalized spacial score (nSPS) is 14.7. The standard InChI is InChI=1S/C34H55NO5S/c1-3-5-7-9-11-13-15-17-19-21-23-25-27-29-33(36)32(31-41(38,39)40)35-34(37)30-28-26-24-22-20-18-16-14-12-10-8-6-4-2/h6,8,11-14,18-21,24,26-27,29,32-33,36H,3-5,7,9-10,15-17,22-23,25,28,30-31H2,1-2H3,(H,35,37)(H,38,39,40)/b8-6-,13-11+,14-12-,20-18-,21-19+,26-24-,29-27+. The van der Waals surface area contributed by atoms with Crippen LogP contribution in [0.15, 0.2) is 85.1 Å². The average Bonchev–Trinajstić information content (AvgIpc) is 2.92. The van der Waals surface area contributed by atoms with Gasteiger partial charge in [0.15, 0.2) is 0 Å². The summed E-state index contributed by atoms with van der Waals surface area (Å²) >= 11 is 0. The molecule has 41 heavy (non-hydrogen) atoms. The zero-order valence-electron chi connectivity index (χ0n) is 25.4. The summed E-state index contributed by atoms with van der Waals surface area (Å²) in [5.74, 6) is -1.13. The number of rotatable bonds is 25. The fourth-order valence-corrected chi connectivity index (χ4v) is 4.52. The quantitative estimate of drug-likeness (QED) is 0.0567. The first-order valence-corrected chi connectivity index (χ1v) is 16.9. The molecule has 0 spiro atoms. The van der Waals surface area contributed by atoms with E-state index in [0.29, 0.717) is 12.8 Å². The van der Waals surface area contributed by atoms with Gasteiger partial charge in [0.2, 0.25) is 5.91 Å². The van der Waals surface area contributed by atoms with Crippen LogP contribution in [-0.2, 0) is 14.9 Å². The zero-order chi connectivity index (χ0) is 30.4. The highest BCUT2D eigenvalue weighted by atomic mass is 32.2. The molecule has 0 radical (unpaired) electrons. The van der Waals surface area contributed by atoms with E-state index in [-0.39, 0.29) is 12.3 Å². The predicted molar refractivity (Wildman–Crippen MR) is 174 cm³/mol. The highest BCUT2D eigenvalue weighted by molar-refractivity contribution is 7.85. The number of aliphatic hydroxyl groups is 1. The average molecular weight is 590 g/mol. The predicted octanol–water partition coefficient (Wildman–Crippen LogP) is 8.11. The molecule has 6 nitrogen and oxygen atoms in total. The molecular formula is C34H55NO5S. The third-order valence-electron chi connectivity index (χ3n) is 6.05. The van der Waals surface area contributed by atoms with Gasteiger partial charge in [-0.25, -0.2) is 0 Å². The van der Waals surface area contributed by atoms with E-state index in [0.717, 1.165) is 51.4 Å². The molecule has 0 aliphatic rings. The molecule has 0 rings (SSSR count). The van der Waals surface area contributed by atoms with Gasteiger partial charge in [-0.2, -0.15) is 8.42 Å². The lowest BCUT2D eigenvalue weighted by atomic mass is 10.1. The molecule has 3 N–H and O–H groups in total. The van der Waals surface area contributed by atoms with Crippen molar-refractivity contribution in [1.82, 2.24) is 5.32 Å². The number of hydrogen-bond donors (Lipinski definition) is 3. The first-order chi connectivity index (χ1) is 19.8. The van der Waals surface area contributed by atoms with Crippen LogP contribution in [0.4, 0.5) is 0 Å². The van der Waals surface area contributed by atoms with E-state index in [1.807, 2.05) is 12.2 Å². The van der Waals surface area contributed by atoms with Gasteiger partial charge in [0.05, 0.1) is 17.9 Å². The molecule has 2 atom stereocenters. The molecule has 0 saturated heterocycles. The van der Waals surface area contributed by atoms with Crippen molar-refractivity contribution in [2.75, 3.05) is 5.75 Å². The van der Waals surface area contributed by atoms with Crippen LogP contribution in [0.1, 0.15) is 104 Å². The number of aliphatic hydroxyl groups excluding tert-OH is 1. The van der Waals surface area contributed by atoms with Crippen molar-refractivity contribution in [3.8, 4) is 0 Å². The minimum atomic E-state index is -4.37. The van der Waals surface area contributed by atoms with E-state index in [2.05, 4.69) is 79.9 Å². The minimum Gasteiger partial charge on any atom is -0.387 e. The number of unbranched alkanes of at least 4 members (excludes halogenated alkanes) is 5. The van der Waals surface area contributed by atoms with Gasteiger partial charge < -0.3 is 10.4 Å². The molecule has 0 heterocycles. The van der Waals surface area contributed by atoms with Crippen molar-refractivity contribution >= 4 is 16.0 Å². The van der Waals surface area contributed by atoms with Crippen LogP contribution in [0.3, 0.4) is 0 Å². The largest absolute Gasteiger partial charge is 0.387 e. The summed E-state index contributed by atoms with van der Waals surface area (Å²) in [5, 5.41) is 13.0. The second-order valence-electron chi connectivity index (χ2n) is 9.97. The van der Waals surface area contributed by atoms with Crippen LogP contribution in [0, 0.1) is 0 Å². The molecule has 232 valence electrons. The van der Waals surface area contributed by atoms with Gasteiger partial charge in [-0.3, -0.25) is 9.35 Å². The molecule has 2 unspecified atom stereocenters. The van der Waals surface area contributed by atoms with Gasteiger partial charge >= 0.3 is 0 Å². The number of allylic oxidation sites excluding steroid dienone is 13. The van der Waals surface area contributed by atoms with E-state index < -0.39 is 28.0 Å². The highest BCUT2D eigenvalue weighted by Gasteiger charge is 2.24. The Morgan fingerprint density at radius 3 is 1.71 bits per heavy atom. The Balaban J connectivity index is 4.35. The Bertz CT molecular complexity index is 958. The van der Waals surface area contributed by atoms with Crippen LogP contribution in [0.25, 0.3) is 0 Å². The molecular weight excluding hydrogens is 534 g/mol. The second-order valence-corrected chi connectivity index (χ2v) is 11.5. The first-order valence-electron chi connectivity index (χ1n) is 15.3. The van der Waals surface area contributed by atoms with E-state index in [9.17, 15) is 22.9 Å². The smallest absolute Gasteiger partial charge is 0.267 e.